The first-order valence-electron chi connectivity index (χ1n) is 6.13. The molecule has 5 nitrogen and oxygen atoms in total. The van der Waals surface area contributed by atoms with Gasteiger partial charge in [-0.15, -0.1) is 0 Å². The van der Waals surface area contributed by atoms with Crippen molar-refractivity contribution in [3.63, 3.8) is 0 Å². The number of nitrogens with two attached hydrogens (primary N) is 1. The number of hydrogen-bond donors (Lipinski definition) is 3. The lowest BCUT2D eigenvalue weighted by atomic mass is 10.2. The number of aromatic nitrogens is 1. The first-order valence-corrected chi connectivity index (χ1v) is 6.54. The highest BCUT2D eigenvalue weighted by molar-refractivity contribution is 7.80. The summed E-state index contributed by atoms with van der Waals surface area (Å²) in [6, 6.07) is 8.26. The predicted molar refractivity (Wildman–Crippen MR) is 82.9 cm³/mol. The van der Waals surface area contributed by atoms with Crippen LogP contribution in [0.2, 0.25) is 0 Å². The highest BCUT2D eigenvalue weighted by Gasteiger charge is 2.05. The highest BCUT2D eigenvalue weighted by Crippen LogP contribution is 2.20. The van der Waals surface area contributed by atoms with Crippen molar-refractivity contribution in [1.82, 2.24) is 15.4 Å². The minimum absolute atomic E-state index is 0.286. The maximum absolute atomic E-state index is 5.15. The van der Waals surface area contributed by atoms with Gasteiger partial charge in [0.25, 0.3) is 0 Å². The van der Waals surface area contributed by atoms with Crippen LogP contribution in [0.3, 0.4) is 0 Å². The van der Waals surface area contributed by atoms with Crippen LogP contribution in [0.1, 0.15) is 18.9 Å². The zero-order valence-electron chi connectivity index (χ0n) is 10.8. The van der Waals surface area contributed by atoms with Crippen LogP contribution >= 0.6 is 12.2 Å². The summed E-state index contributed by atoms with van der Waals surface area (Å²) in [4.78, 5) is 0. The summed E-state index contributed by atoms with van der Waals surface area (Å²) in [6.07, 6.45) is 4.94. The molecule has 4 N–H and O–H groups in total. The van der Waals surface area contributed by atoms with E-state index in [0.29, 0.717) is 0 Å². The van der Waals surface area contributed by atoms with Gasteiger partial charge in [-0.25, -0.2) is 5.84 Å². The molecular weight excluding hydrogens is 258 g/mol. The quantitative estimate of drug-likeness (QED) is 0.344. The number of fused-ring (bicyclic) bond motifs is 1. The average molecular weight is 275 g/mol. The van der Waals surface area contributed by atoms with Crippen molar-refractivity contribution >= 4 is 34.4 Å². The molecule has 1 aromatic heterocycles. The van der Waals surface area contributed by atoms with E-state index in [9.17, 15) is 0 Å². The molecule has 0 atom stereocenters. The summed E-state index contributed by atoms with van der Waals surface area (Å²) in [7, 11) is 0. The molecule has 0 unspecified atom stereocenters. The Morgan fingerprint density at radius 1 is 1.47 bits per heavy atom. The van der Waals surface area contributed by atoms with Crippen molar-refractivity contribution in [2.75, 3.05) is 0 Å². The van der Waals surface area contributed by atoms with E-state index in [1.165, 1.54) is 10.9 Å². The van der Waals surface area contributed by atoms with Gasteiger partial charge < -0.3 is 4.57 Å². The summed E-state index contributed by atoms with van der Waals surface area (Å²) >= 11 is 4.85. The molecule has 0 aliphatic rings. The van der Waals surface area contributed by atoms with E-state index >= 15 is 0 Å². The third kappa shape index (κ3) is 3.10. The number of nitrogens with zero attached hydrogens (tertiary/aromatic N) is 2. The number of hydrazine groups is 1. The van der Waals surface area contributed by atoms with Crippen LogP contribution in [-0.2, 0) is 6.54 Å². The molecule has 2 rings (SSSR count). The molecular formula is C13H17N5S. The maximum Gasteiger partial charge on any atom is 0.201 e. The SMILES string of the molecule is CCCn1cc(/C=N/NC(=S)NN)c2ccccc21. The summed E-state index contributed by atoms with van der Waals surface area (Å²) in [6.45, 7) is 3.15. The number of para-hydroxylation sites is 1. The molecule has 0 aliphatic heterocycles. The fraction of sp³-hybridized carbons (Fsp3) is 0.231. The van der Waals surface area contributed by atoms with Gasteiger partial charge >= 0.3 is 0 Å². The number of hydrogen-bond acceptors (Lipinski definition) is 3. The third-order valence-corrected chi connectivity index (χ3v) is 2.99. The molecule has 6 heteroatoms. The van der Waals surface area contributed by atoms with Crippen LogP contribution in [0.4, 0.5) is 0 Å². The molecule has 0 bridgehead atoms. The normalized spacial score (nSPS) is 11.1. The summed E-state index contributed by atoms with van der Waals surface area (Å²) in [5.41, 5.74) is 7.22. The molecule has 0 fully saturated rings. The number of benzene rings is 1. The molecule has 0 saturated carbocycles. The Balaban J connectivity index is 2.30. The van der Waals surface area contributed by atoms with E-state index in [-0.39, 0.29) is 5.11 Å². The van der Waals surface area contributed by atoms with Crippen molar-refractivity contribution < 1.29 is 0 Å². The fourth-order valence-corrected chi connectivity index (χ4v) is 2.05. The number of nitrogens with one attached hydrogen (secondary N) is 2. The molecule has 1 heterocycles. The van der Waals surface area contributed by atoms with Gasteiger partial charge in [0, 0.05) is 29.2 Å². The topological polar surface area (TPSA) is 67.4 Å². The second-order valence-corrected chi connectivity index (χ2v) is 4.55. The van der Waals surface area contributed by atoms with Crippen LogP contribution in [-0.4, -0.2) is 15.9 Å². The van der Waals surface area contributed by atoms with Gasteiger partial charge in [-0.2, -0.15) is 5.10 Å². The van der Waals surface area contributed by atoms with Crippen molar-refractivity contribution in [1.29, 1.82) is 0 Å². The molecule has 0 spiro atoms. The summed E-state index contributed by atoms with van der Waals surface area (Å²) < 4.78 is 2.23. The maximum atomic E-state index is 5.15. The Kier molecular flexibility index (Phi) is 4.48. The van der Waals surface area contributed by atoms with Crippen LogP contribution < -0.4 is 16.7 Å². The van der Waals surface area contributed by atoms with E-state index in [1.807, 2.05) is 12.1 Å². The fourth-order valence-electron chi connectivity index (χ4n) is 2.00. The van der Waals surface area contributed by atoms with Crippen molar-refractivity contribution in [2.24, 2.45) is 10.9 Å². The van der Waals surface area contributed by atoms with Crippen molar-refractivity contribution in [2.45, 2.75) is 19.9 Å². The number of aryl methyl sites for hydroxylation is 1. The Hall–Kier alpha value is -1.92. The first kappa shape index (κ1) is 13.5. The van der Waals surface area contributed by atoms with Gasteiger partial charge in [-0.05, 0) is 24.7 Å². The molecule has 100 valence electrons. The van der Waals surface area contributed by atoms with Gasteiger partial charge in [0.05, 0.1) is 6.21 Å². The second-order valence-electron chi connectivity index (χ2n) is 4.14. The van der Waals surface area contributed by atoms with Crippen LogP contribution in [0, 0.1) is 0 Å². The van der Waals surface area contributed by atoms with Gasteiger partial charge in [0.2, 0.25) is 5.11 Å². The molecule has 1 aromatic carbocycles. The predicted octanol–water partition coefficient (Wildman–Crippen LogP) is 1.72. The number of thiocarbonyl (C=S) groups is 1. The van der Waals surface area contributed by atoms with E-state index in [4.69, 9.17) is 18.1 Å². The molecule has 0 radical (unpaired) electrons. The van der Waals surface area contributed by atoms with E-state index in [1.54, 1.807) is 6.21 Å². The Morgan fingerprint density at radius 2 is 2.26 bits per heavy atom. The number of hydrazone groups is 1. The average Bonchev–Trinajstić information content (AvgIpc) is 2.78. The lowest BCUT2D eigenvalue weighted by Gasteiger charge is -2.00. The third-order valence-electron chi connectivity index (χ3n) is 2.78. The molecule has 19 heavy (non-hydrogen) atoms. The van der Waals surface area contributed by atoms with Crippen LogP contribution in [0.15, 0.2) is 35.6 Å². The van der Waals surface area contributed by atoms with Crippen LogP contribution in [0.5, 0.6) is 0 Å². The molecule has 0 saturated heterocycles. The molecule has 0 amide bonds. The van der Waals surface area contributed by atoms with Gasteiger partial charge in [-0.3, -0.25) is 10.9 Å². The van der Waals surface area contributed by atoms with Gasteiger partial charge in [-0.1, -0.05) is 25.1 Å². The number of rotatable bonds is 4. The Labute approximate surface area is 117 Å². The van der Waals surface area contributed by atoms with Gasteiger partial charge in [0.1, 0.15) is 0 Å². The van der Waals surface area contributed by atoms with Crippen molar-refractivity contribution in [3.8, 4) is 0 Å². The van der Waals surface area contributed by atoms with Crippen molar-refractivity contribution in [3.05, 3.63) is 36.0 Å². The lowest BCUT2D eigenvalue weighted by Crippen LogP contribution is -2.37. The minimum atomic E-state index is 0.286. The minimum Gasteiger partial charge on any atom is -0.347 e. The zero-order chi connectivity index (χ0) is 13.7. The van der Waals surface area contributed by atoms with Crippen LogP contribution in [0.25, 0.3) is 10.9 Å². The van der Waals surface area contributed by atoms with E-state index < -0.39 is 0 Å². The first-order chi connectivity index (χ1) is 9.26. The zero-order valence-corrected chi connectivity index (χ0v) is 11.6. The summed E-state index contributed by atoms with van der Waals surface area (Å²) in [5, 5.41) is 5.52. The smallest absolute Gasteiger partial charge is 0.201 e. The standard InChI is InChI=1S/C13H17N5S/c1-2-7-18-9-10(8-15-17-13(19)16-14)11-5-3-4-6-12(11)18/h3-6,8-9H,2,7,14H2,1H3,(H2,16,17,19)/b15-8+. The Morgan fingerprint density at radius 3 is 3.00 bits per heavy atom. The monoisotopic (exact) mass is 275 g/mol. The molecule has 2 aromatic rings. The Bertz CT molecular complexity index is 602. The highest BCUT2D eigenvalue weighted by atomic mass is 32.1. The van der Waals surface area contributed by atoms with E-state index in [2.05, 4.69) is 45.8 Å². The lowest BCUT2D eigenvalue weighted by molar-refractivity contribution is 0.703. The van der Waals surface area contributed by atoms with Gasteiger partial charge in [0.15, 0.2) is 0 Å². The van der Waals surface area contributed by atoms with E-state index in [0.717, 1.165) is 18.5 Å². The summed E-state index contributed by atoms with van der Waals surface area (Å²) in [5.74, 6) is 5.15. The second kappa shape index (κ2) is 6.31. The molecule has 0 aliphatic carbocycles. The largest absolute Gasteiger partial charge is 0.347 e.